The molecule has 0 atom stereocenters. The smallest absolute Gasteiger partial charge is 0.263 e. The molecule has 6 nitrogen and oxygen atoms in total. The lowest BCUT2D eigenvalue weighted by Crippen LogP contribution is -2.18. The molecular weight excluding hydrogens is 242 g/mol. The number of aromatic amines is 2. The Balaban J connectivity index is 1.69. The topological polar surface area (TPSA) is 86.5 Å². The highest BCUT2D eigenvalue weighted by molar-refractivity contribution is 5.73. The van der Waals surface area contributed by atoms with Gasteiger partial charge in [0.15, 0.2) is 5.65 Å². The van der Waals surface area contributed by atoms with Gasteiger partial charge >= 0.3 is 0 Å². The summed E-state index contributed by atoms with van der Waals surface area (Å²) in [5, 5.41) is 10.3. The second kappa shape index (κ2) is 5.42. The lowest BCUT2D eigenvalue weighted by atomic mass is 10.0. The van der Waals surface area contributed by atoms with Crippen LogP contribution >= 0.6 is 0 Å². The van der Waals surface area contributed by atoms with Gasteiger partial charge < -0.3 is 5.32 Å². The van der Waals surface area contributed by atoms with Gasteiger partial charge in [-0.1, -0.05) is 25.7 Å². The van der Waals surface area contributed by atoms with Gasteiger partial charge in [-0.05, 0) is 18.8 Å². The third-order valence-corrected chi connectivity index (χ3v) is 3.85. The fraction of sp³-hybridized carbons (Fsp3) is 0.615. The number of aromatic nitrogens is 4. The lowest BCUT2D eigenvalue weighted by Gasteiger charge is -2.14. The van der Waals surface area contributed by atoms with Crippen LogP contribution in [0.1, 0.15) is 38.5 Å². The molecule has 0 saturated heterocycles. The lowest BCUT2D eigenvalue weighted by molar-refractivity contribution is 0.482. The molecule has 2 aromatic heterocycles. The van der Waals surface area contributed by atoms with E-state index in [1.807, 2.05) is 0 Å². The van der Waals surface area contributed by atoms with E-state index < -0.39 is 0 Å². The fourth-order valence-electron chi connectivity index (χ4n) is 2.74. The number of hydrogen-bond donors (Lipinski definition) is 3. The van der Waals surface area contributed by atoms with E-state index >= 15 is 0 Å². The molecule has 6 heteroatoms. The second-order valence-electron chi connectivity index (χ2n) is 5.29. The van der Waals surface area contributed by atoms with Crippen molar-refractivity contribution in [1.82, 2.24) is 20.2 Å². The number of anilines is 1. The molecule has 0 aromatic carbocycles. The van der Waals surface area contributed by atoms with Crippen LogP contribution in [0.5, 0.6) is 0 Å². The van der Waals surface area contributed by atoms with Gasteiger partial charge in [-0.2, -0.15) is 10.1 Å². The highest BCUT2D eigenvalue weighted by atomic mass is 16.1. The maximum Gasteiger partial charge on any atom is 0.263 e. The molecule has 102 valence electrons. The van der Waals surface area contributed by atoms with Crippen LogP contribution in [0, 0.1) is 5.92 Å². The van der Waals surface area contributed by atoms with Crippen LogP contribution in [0.15, 0.2) is 11.0 Å². The Morgan fingerprint density at radius 2 is 2.05 bits per heavy atom. The molecule has 0 aliphatic heterocycles. The van der Waals surface area contributed by atoms with Gasteiger partial charge in [-0.3, -0.25) is 14.9 Å². The zero-order valence-corrected chi connectivity index (χ0v) is 10.9. The van der Waals surface area contributed by atoms with Crippen LogP contribution in [0.4, 0.5) is 5.95 Å². The Kier molecular flexibility index (Phi) is 3.48. The molecule has 3 N–H and O–H groups in total. The molecule has 2 heterocycles. The first kappa shape index (κ1) is 12.2. The predicted molar refractivity (Wildman–Crippen MR) is 74.2 cm³/mol. The van der Waals surface area contributed by atoms with Gasteiger partial charge in [0.2, 0.25) is 5.95 Å². The summed E-state index contributed by atoms with van der Waals surface area (Å²) in [5.74, 6) is 1.22. The third kappa shape index (κ3) is 2.77. The van der Waals surface area contributed by atoms with Gasteiger partial charge in [0.05, 0.1) is 6.20 Å². The summed E-state index contributed by atoms with van der Waals surface area (Å²) in [4.78, 5) is 18.8. The minimum absolute atomic E-state index is 0.151. The van der Waals surface area contributed by atoms with E-state index in [1.165, 1.54) is 44.7 Å². The van der Waals surface area contributed by atoms with E-state index in [9.17, 15) is 4.79 Å². The molecule has 0 bridgehead atoms. The van der Waals surface area contributed by atoms with Crippen molar-refractivity contribution in [3.8, 4) is 0 Å². The van der Waals surface area contributed by atoms with Crippen molar-refractivity contribution in [3.05, 3.63) is 16.6 Å². The predicted octanol–water partition coefficient (Wildman–Crippen LogP) is 2.03. The summed E-state index contributed by atoms with van der Waals surface area (Å²) in [6, 6.07) is 0. The number of fused-ring (bicyclic) bond motifs is 1. The second-order valence-corrected chi connectivity index (χ2v) is 5.29. The molecule has 1 aliphatic rings. The van der Waals surface area contributed by atoms with E-state index in [1.54, 1.807) is 0 Å². The molecule has 1 aliphatic carbocycles. The van der Waals surface area contributed by atoms with Crippen LogP contribution in [0.3, 0.4) is 0 Å². The molecule has 1 fully saturated rings. The van der Waals surface area contributed by atoms with Crippen molar-refractivity contribution >= 4 is 17.0 Å². The summed E-state index contributed by atoms with van der Waals surface area (Å²) in [7, 11) is 0. The van der Waals surface area contributed by atoms with Crippen LogP contribution in [-0.2, 0) is 0 Å². The Labute approximate surface area is 111 Å². The van der Waals surface area contributed by atoms with Crippen molar-refractivity contribution < 1.29 is 0 Å². The fourth-order valence-corrected chi connectivity index (χ4v) is 2.74. The van der Waals surface area contributed by atoms with Crippen molar-refractivity contribution in [2.45, 2.75) is 38.5 Å². The number of nitrogens with zero attached hydrogens (tertiary/aromatic N) is 2. The average Bonchev–Trinajstić information content (AvgIpc) is 2.73. The molecule has 2 aromatic rings. The number of H-pyrrole nitrogens is 2. The first-order valence-electron chi connectivity index (χ1n) is 7.00. The van der Waals surface area contributed by atoms with E-state index in [2.05, 4.69) is 25.5 Å². The van der Waals surface area contributed by atoms with Crippen LogP contribution < -0.4 is 10.9 Å². The maximum absolute atomic E-state index is 11.8. The molecule has 0 amide bonds. The maximum atomic E-state index is 11.8. The van der Waals surface area contributed by atoms with E-state index in [0.29, 0.717) is 22.9 Å². The molecule has 3 rings (SSSR count). The van der Waals surface area contributed by atoms with Gasteiger partial charge in [-0.25, -0.2) is 0 Å². The summed E-state index contributed by atoms with van der Waals surface area (Å²) in [6.07, 6.45) is 9.37. The van der Waals surface area contributed by atoms with E-state index in [0.717, 1.165) is 6.54 Å². The first-order valence-corrected chi connectivity index (χ1v) is 7.00. The Morgan fingerprint density at radius 1 is 1.26 bits per heavy atom. The highest BCUT2D eigenvalue weighted by Gasteiger charge is 2.13. The average molecular weight is 261 g/mol. The van der Waals surface area contributed by atoms with Crippen molar-refractivity contribution in [3.63, 3.8) is 0 Å². The summed E-state index contributed by atoms with van der Waals surface area (Å²) < 4.78 is 0. The summed E-state index contributed by atoms with van der Waals surface area (Å²) in [6.45, 7) is 0.878. The highest BCUT2D eigenvalue weighted by Crippen LogP contribution is 2.22. The van der Waals surface area contributed by atoms with Gasteiger partial charge in [0.1, 0.15) is 5.39 Å². The SMILES string of the molecule is O=c1[nH]c(NCC2CCCCCC2)nc2[nH]ncc12. The van der Waals surface area contributed by atoms with Crippen LogP contribution in [0.25, 0.3) is 11.0 Å². The molecule has 0 unspecified atom stereocenters. The largest absolute Gasteiger partial charge is 0.355 e. The standard InChI is InChI=1S/C13H19N5O/c19-12-10-8-15-18-11(10)16-13(17-12)14-7-9-5-3-1-2-4-6-9/h8-9H,1-7H2,(H3,14,15,16,17,18,19). The van der Waals surface area contributed by atoms with Crippen LogP contribution in [-0.4, -0.2) is 26.7 Å². The minimum atomic E-state index is -0.151. The van der Waals surface area contributed by atoms with Crippen molar-refractivity contribution in [2.75, 3.05) is 11.9 Å². The van der Waals surface area contributed by atoms with Gasteiger partial charge in [-0.15, -0.1) is 0 Å². The summed E-state index contributed by atoms with van der Waals surface area (Å²) >= 11 is 0. The van der Waals surface area contributed by atoms with Gasteiger partial charge in [0, 0.05) is 6.54 Å². The van der Waals surface area contributed by atoms with Crippen molar-refractivity contribution in [1.29, 1.82) is 0 Å². The van der Waals surface area contributed by atoms with Crippen LogP contribution in [0.2, 0.25) is 0 Å². The molecular formula is C13H19N5O. The van der Waals surface area contributed by atoms with Crippen molar-refractivity contribution in [2.24, 2.45) is 5.92 Å². The third-order valence-electron chi connectivity index (χ3n) is 3.85. The van der Waals surface area contributed by atoms with E-state index in [-0.39, 0.29) is 5.56 Å². The Hall–Kier alpha value is -1.85. The number of rotatable bonds is 3. The first-order chi connectivity index (χ1) is 9.33. The molecule has 1 saturated carbocycles. The monoisotopic (exact) mass is 261 g/mol. The molecule has 0 spiro atoms. The zero-order chi connectivity index (χ0) is 13.1. The number of nitrogens with one attached hydrogen (secondary N) is 3. The Bertz CT molecular complexity index is 594. The zero-order valence-electron chi connectivity index (χ0n) is 10.9. The molecule has 0 radical (unpaired) electrons. The Morgan fingerprint density at radius 3 is 2.84 bits per heavy atom. The minimum Gasteiger partial charge on any atom is -0.355 e. The number of hydrogen-bond acceptors (Lipinski definition) is 4. The van der Waals surface area contributed by atoms with E-state index in [4.69, 9.17) is 0 Å². The summed E-state index contributed by atoms with van der Waals surface area (Å²) in [5.41, 5.74) is 0.384. The normalized spacial score (nSPS) is 17.5. The quantitative estimate of drug-likeness (QED) is 0.738. The molecule has 19 heavy (non-hydrogen) atoms. The van der Waals surface area contributed by atoms with Gasteiger partial charge in [0.25, 0.3) is 5.56 Å².